The molecular formula is C27H24N2O4S. The number of aliphatic hydroxyl groups excluding tert-OH is 1. The van der Waals surface area contributed by atoms with Crippen molar-refractivity contribution in [2.75, 3.05) is 4.90 Å². The van der Waals surface area contributed by atoms with Gasteiger partial charge in [-0.05, 0) is 60.7 Å². The van der Waals surface area contributed by atoms with E-state index in [9.17, 15) is 14.7 Å². The number of Topliss-reactive ketones (excluding diaryl/α,β-unsaturated/α-hetero) is 1. The number of hydrogen-bond acceptors (Lipinski definition) is 6. The third-order valence-electron chi connectivity index (χ3n) is 6.07. The summed E-state index contributed by atoms with van der Waals surface area (Å²) < 4.78 is 6.47. The largest absolute Gasteiger partial charge is 0.503 e. The molecule has 1 atom stereocenters. The second-order valence-electron chi connectivity index (χ2n) is 8.87. The highest BCUT2D eigenvalue weighted by molar-refractivity contribution is 7.22. The molecule has 172 valence electrons. The van der Waals surface area contributed by atoms with E-state index >= 15 is 0 Å². The summed E-state index contributed by atoms with van der Waals surface area (Å²) in [6.45, 7) is 7.93. The Morgan fingerprint density at radius 1 is 1.09 bits per heavy atom. The van der Waals surface area contributed by atoms with Gasteiger partial charge in [0, 0.05) is 0 Å². The van der Waals surface area contributed by atoms with E-state index in [1.807, 2.05) is 49.4 Å². The number of aryl methyl sites for hydroxylation is 2. The lowest BCUT2D eigenvalue weighted by atomic mass is 9.93. The molecule has 0 bridgehead atoms. The standard InChI is InChI=1S/C27H24N2O4S/c1-14(2)17-7-9-18(10-8-17)23-22(24(30)20-12-6-16(4)33-20)25(31)26(32)29(23)27-28-19-11-5-15(3)13-21(19)34-27/h5-14,23,31H,1-4H3. The normalized spacial score (nSPS) is 16.3. The van der Waals surface area contributed by atoms with E-state index in [1.165, 1.54) is 16.2 Å². The number of aliphatic hydroxyl groups is 1. The quantitative estimate of drug-likeness (QED) is 0.339. The van der Waals surface area contributed by atoms with Crippen molar-refractivity contribution in [2.24, 2.45) is 0 Å². The number of furan rings is 1. The minimum Gasteiger partial charge on any atom is -0.503 e. The monoisotopic (exact) mass is 472 g/mol. The minimum atomic E-state index is -0.826. The van der Waals surface area contributed by atoms with Crippen molar-refractivity contribution in [3.05, 3.63) is 94.1 Å². The predicted molar refractivity (Wildman–Crippen MR) is 133 cm³/mol. The van der Waals surface area contributed by atoms with Crippen LogP contribution in [-0.2, 0) is 4.79 Å². The van der Waals surface area contributed by atoms with Crippen LogP contribution >= 0.6 is 11.3 Å². The van der Waals surface area contributed by atoms with E-state index in [4.69, 9.17) is 4.42 Å². The van der Waals surface area contributed by atoms with Crippen molar-refractivity contribution in [3.63, 3.8) is 0 Å². The Labute approximate surface area is 201 Å². The molecule has 0 radical (unpaired) electrons. The molecule has 1 N–H and O–H groups in total. The summed E-state index contributed by atoms with van der Waals surface area (Å²) in [5, 5.41) is 11.3. The van der Waals surface area contributed by atoms with Gasteiger partial charge in [-0.3, -0.25) is 14.5 Å². The first-order chi connectivity index (χ1) is 16.2. The molecule has 1 aliphatic rings. The molecule has 3 heterocycles. The fraction of sp³-hybridized carbons (Fsp3) is 0.222. The summed E-state index contributed by atoms with van der Waals surface area (Å²) in [4.78, 5) is 32.9. The fourth-order valence-corrected chi connectivity index (χ4v) is 5.32. The Hall–Kier alpha value is -3.71. The number of anilines is 1. The molecule has 0 saturated heterocycles. The molecular weight excluding hydrogens is 448 g/mol. The summed E-state index contributed by atoms with van der Waals surface area (Å²) in [5.74, 6) is -0.760. The molecule has 0 saturated carbocycles. The molecule has 7 heteroatoms. The summed E-state index contributed by atoms with van der Waals surface area (Å²) >= 11 is 1.36. The fourth-order valence-electron chi connectivity index (χ4n) is 4.23. The topological polar surface area (TPSA) is 83.6 Å². The minimum absolute atomic E-state index is 0.00733. The first-order valence-electron chi connectivity index (χ1n) is 11.1. The zero-order valence-corrected chi connectivity index (χ0v) is 20.1. The van der Waals surface area contributed by atoms with Crippen LogP contribution in [0.4, 0.5) is 5.13 Å². The maximum Gasteiger partial charge on any atom is 0.296 e. The van der Waals surface area contributed by atoms with Crippen LogP contribution in [0.3, 0.4) is 0 Å². The van der Waals surface area contributed by atoms with Crippen LogP contribution in [0.15, 0.2) is 70.3 Å². The van der Waals surface area contributed by atoms with E-state index in [2.05, 4.69) is 18.8 Å². The van der Waals surface area contributed by atoms with E-state index < -0.39 is 23.5 Å². The number of nitrogens with zero attached hydrogens (tertiary/aromatic N) is 2. The number of carbonyl (C=O) groups is 2. The van der Waals surface area contributed by atoms with Crippen LogP contribution in [-0.4, -0.2) is 21.8 Å². The Kier molecular flexibility index (Phi) is 5.37. The van der Waals surface area contributed by atoms with Gasteiger partial charge in [-0.25, -0.2) is 4.98 Å². The Bertz CT molecular complexity index is 1460. The summed E-state index contributed by atoms with van der Waals surface area (Å²) in [6, 6.07) is 16.1. The average Bonchev–Trinajstić information content (AvgIpc) is 3.49. The number of benzene rings is 2. The predicted octanol–water partition coefficient (Wildman–Crippen LogP) is 6.41. The number of thiazole rings is 1. The summed E-state index contributed by atoms with van der Waals surface area (Å²) in [7, 11) is 0. The van der Waals surface area contributed by atoms with E-state index in [-0.39, 0.29) is 11.3 Å². The zero-order valence-electron chi connectivity index (χ0n) is 19.3. The third-order valence-corrected chi connectivity index (χ3v) is 7.09. The molecule has 34 heavy (non-hydrogen) atoms. The van der Waals surface area contributed by atoms with Crippen LogP contribution in [0, 0.1) is 13.8 Å². The maximum absolute atomic E-state index is 13.5. The second kappa shape index (κ2) is 8.25. The number of fused-ring (bicyclic) bond motifs is 1. The van der Waals surface area contributed by atoms with Gasteiger partial charge in [-0.15, -0.1) is 0 Å². The maximum atomic E-state index is 13.5. The summed E-state index contributed by atoms with van der Waals surface area (Å²) in [5.41, 5.74) is 3.68. The van der Waals surface area contributed by atoms with Crippen LogP contribution < -0.4 is 4.90 Å². The van der Waals surface area contributed by atoms with Gasteiger partial charge in [0.25, 0.3) is 5.91 Å². The van der Waals surface area contributed by atoms with Crippen molar-refractivity contribution in [1.82, 2.24) is 4.98 Å². The Morgan fingerprint density at radius 3 is 2.47 bits per heavy atom. The molecule has 1 unspecified atom stereocenters. The lowest BCUT2D eigenvalue weighted by molar-refractivity contribution is -0.117. The Morgan fingerprint density at radius 2 is 1.82 bits per heavy atom. The SMILES string of the molecule is Cc1ccc2nc(N3C(=O)C(O)=C(C(=O)c4ccc(C)o4)C3c3ccc(C(C)C)cc3)sc2c1. The third kappa shape index (κ3) is 3.62. The van der Waals surface area contributed by atoms with Crippen molar-refractivity contribution in [2.45, 2.75) is 39.7 Å². The van der Waals surface area contributed by atoms with E-state index in [0.29, 0.717) is 22.4 Å². The average molecular weight is 473 g/mol. The molecule has 2 aromatic carbocycles. The molecule has 0 aliphatic carbocycles. The highest BCUT2D eigenvalue weighted by Gasteiger charge is 2.46. The molecule has 1 amide bonds. The smallest absolute Gasteiger partial charge is 0.296 e. The summed E-state index contributed by atoms with van der Waals surface area (Å²) in [6.07, 6.45) is 0. The number of rotatable bonds is 5. The molecule has 6 nitrogen and oxygen atoms in total. The number of amides is 1. The van der Waals surface area contributed by atoms with Gasteiger partial charge in [0.05, 0.1) is 21.8 Å². The lowest BCUT2D eigenvalue weighted by Crippen LogP contribution is -2.31. The van der Waals surface area contributed by atoms with Crippen molar-refractivity contribution in [3.8, 4) is 0 Å². The highest BCUT2D eigenvalue weighted by atomic mass is 32.1. The van der Waals surface area contributed by atoms with Gasteiger partial charge in [-0.2, -0.15) is 0 Å². The highest BCUT2D eigenvalue weighted by Crippen LogP contribution is 2.44. The van der Waals surface area contributed by atoms with Gasteiger partial charge in [0.2, 0.25) is 5.78 Å². The molecule has 1 aliphatic heterocycles. The van der Waals surface area contributed by atoms with Crippen LogP contribution in [0.2, 0.25) is 0 Å². The zero-order chi connectivity index (χ0) is 24.1. The molecule has 2 aromatic heterocycles. The molecule has 5 rings (SSSR count). The molecule has 0 spiro atoms. The number of carbonyl (C=O) groups excluding carboxylic acids is 2. The first kappa shape index (κ1) is 22.1. The van der Waals surface area contributed by atoms with Gasteiger partial charge in [0.15, 0.2) is 16.7 Å². The molecule has 4 aromatic rings. The van der Waals surface area contributed by atoms with Gasteiger partial charge < -0.3 is 9.52 Å². The van der Waals surface area contributed by atoms with Gasteiger partial charge in [0.1, 0.15) is 5.76 Å². The van der Waals surface area contributed by atoms with E-state index in [0.717, 1.165) is 21.3 Å². The van der Waals surface area contributed by atoms with Crippen molar-refractivity contribution >= 4 is 38.4 Å². The number of hydrogen-bond donors (Lipinski definition) is 1. The second-order valence-corrected chi connectivity index (χ2v) is 9.88. The van der Waals surface area contributed by atoms with Crippen molar-refractivity contribution in [1.29, 1.82) is 0 Å². The van der Waals surface area contributed by atoms with Crippen LogP contribution in [0.1, 0.15) is 58.8 Å². The molecule has 0 fully saturated rings. The van der Waals surface area contributed by atoms with Crippen molar-refractivity contribution < 1.29 is 19.1 Å². The van der Waals surface area contributed by atoms with Crippen LogP contribution in [0.5, 0.6) is 0 Å². The van der Waals surface area contributed by atoms with Crippen LogP contribution in [0.25, 0.3) is 10.2 Å². The van der Waals surface area contributed by atoms with Gasteiger partial charge >= 0.3 is 0 Å². The number of ketones is 1. The lowest BCUT2D eigenvalue weighted by Gasteiger charge is -2.24. The number of aromatic nitrogens is 1. The van der Waals surface area contributed by atoms with Gasteiger partial charge in [-0.1, -0.05) is 55.5 Å². The van der Waals surface area contributed by atoms with E-state index in [1.54, 1.807) is 19.1 Å². The first-order valence-corrected chi connectivity index (χ1v) is 11.9. The Balaban J connectivity index is 1.67.